The number of hydrogen-bond donors (Lipinski definition) is 4. The highest BCUT2D eigenvalue weighted by molar-refractivity contribution is 6.11. The number of nitrogens with one attached hydrogen (secondary N) is 2. The number of amides is 1. The van der Waals surface area contributed by atoms with Gasteiger partial charge < -0.3 is 30.5 Å². The first kappa shape index (κ1) is 31.4. The maximum absolute atomic E-state index is 13.1. The fourth-order valence-corrected chi connectivity index (χ4v) is 4.74. The molecule has 0 spiro atoms. The number of hydrogen-bond acceptors (Lipinski definition) is 8. The van der Waals surface area contributed by atoms with Crippen molar-refractivity contribution >= 4 is 35.8 Å². The third-order valence-corrected chi connectivity index (χ3v) is 7.11. The van der Waals surface area contributed by atoms with E-state index < -0.39 is 18.1 Å². The zero-order valence-electron chi connectivity index (χ0n) is 23.6. The van der Waals surface area contributed by atoms with E-state index in [9.17, 15) is 24.6 Å². The van der Waals surface area contributed by atoms with Gasteiger partial charge in [0, 0.05) is 37.5 Å². The molecule has 1 aliphatic rings. The summed E-state index contributed by atoms with van der Waals surface area (Å²) in [6.45, 7) is 4.64. The Morgan fingerprint density at radius 1 is 0.927 bits per heavy atom. The average molecular weight is 582 g/mol. The number of phenols is 2. The molecule has 4 N–H and O–H groups in total. The Balaban J connectivity index is 0.00000462. The molecule has 4 rings (SSSR count). The van der Waals surface area contributed by atoms with Gasteiger partial charge in [-0.3, -0.25) is 9.59 Å². The van der Waals surface area contributed by atoms with E-state index in [1.54, 1.807) is 38.1 Å². The number of rotatable bonds is 7. The summed E-state index contributed by atoms with van der Waals surface area (Å²) in [5, 5.41) is 26.5. The number of esters is 1. The topological polar surface area (TPSA) is 128 Å². The smallest absolute Gasteiger partial charge is 0.338 e. The zero-order valence-corrected chi connectivity index (χ0v) is 24.4. The molecule has 1 amide bonds. The van der Waals surface area contributed by atoms with Crippen LogP contribution in [0.25, 0.3) is 0 Å². The van der Waals surface area contributed by atoms with Gasteiger partial charge in [0.25, 0.3) is 5.91 Å². The molecular formula is C31H36ClN3O6. The summed E-state index contributed by atoms with van der Waals surface area (Å²) in [6.07, 6.45) is 0.776. The second-order valence-electron chi connectivity index (χ2n) is 10.3. The van der Waals surface area contributed by atoms with Crippen LogP contribution in [-0.2, 0) is 4.74 Å². The highest BCUT2D eigenvalue weighted by Crippen LogP contribution is 2.26. The predicted molar refractivity (Wildman–Crippen MR) is 160 cm³/mol. The van der Waals surface area contributed by atoms with Crippen molar-refractivity contribution in [2.75, 3.05) is 32.1 Å². The summed E-state index contributed by atoms with van der Waals surface area (Å²) in [4.78, 5) is 41.0. The molecule has 9 nitrogen and oxygen atoms in total. The lowest BCUT2D eigenvalue weighted by atomic mass is 10.0. The molecular weight excluding hydrogens is 546 g/mol. The number of nitrogens with zero attached hydrogens (tertiary/aromatic N) is 1. The van der Waals surface area contributed by atoms with Crippen molar-refractivity contribution in [3.63, 3.8) is 0 Å². The van der Waals surface area contributed by atoms with E-state index in [-0.39, 0.29) is 46.7 Å². The number of carbonyl (C=O) groups is 3. The monoisotopic (exact) mass is 581 g/mol. The van der Waals surface area contributed by atoms with E-state index >= 15 is 0 Å². The molecule has 218 valence electrons. The number of aromatic hydroxyl groups is 2. The number of ketones is 1. The van der Waals surface area contributed by atoms with Crippen molar-refractivity contribution in [1.82, 2.24) is 10.6 Å². The van der Waals surface area contributed by atoms with Crippen LogP contribution in [0.15, 0.2) is 54.6 Å². The molecule has 1 aliphatic heterocycles. The zero-order chi connectivity index (χ0) is 29.0. The molecule has 1 fully saturated rings. The number of carbonyl (C=O) groups excluding carboxylic acids is 3. The molecule has 0 aliphatic carbocycles. The van der Waals surface area contributed by atoms with Crippen molar-refractivity contribution in [1.29, 1.82) is 0 Å². The van der Waals surface area contributed by atoms with Gasteiger partial charge in [0.1, 0.15) is 17.6 Å². The number of phenolic OH excluding ortho intramolecular Hbond substituents is 2. The van der Waals surface area contributed by atoms with E-state index in [1.807, 2.05) is 19.0 Å². The fraction of sp³-hybridized carbons (Fsp3) is 0.323. The fourth-order valence-electron chi connectivity index (χ4n) is 4.74. The minimum Gasteiger partial charge on any atom is -0.507 e. The SMILES string of the molecule is Cc1cc(C(=O)N[C@@H]2CNCCC[C@H]2OC(=O)c2ccc(C(=O)c3cc(N(C)C)ccc3O)cc2)cc(C)c1O.Cl. The summed E-state index contributed by atoms with van der Waals surface area (Å²) < 4.78 is 5.86. The maximum Gasteiger partial charge on any atom is 0.338 e. The Bertz CT molecular complexity index is 1400. The van der Waals surface area contributed by atoms with Gasteiger partial charge in [0.2, 0.25) is 0 Å². The lowest BCUT2D eigenvalue weighted by Crippen LogP contribution is -2.49. The van der Waals surface area contributed by atoms with Crippen LogP contribution in [0.3, 0.4) is 0 Å². The molecule has 41 heavy (non-hydrogen) atoms. The molecule has 10 heteroatoms. The van der Waals surface area contributed by atoms with Gasteiger partial charge in [-0.25, -0.2) is 4.79 Å². The van der Waals surface area contributed by atoms with Gasteiger partial charge in [-0.1, -0.05) is 12.1 Å². The standard InChI is InChI=1S/C31H35N3O6.ClH/c1-18-14-22(15-19(2)28(18)36)30(38)33-25-17-32-13-5-6-27(25)40-31(39)21-9-7-20(8-10-21)29(37)24-16-23(34(3)4)11-12-26(24)35;/h7-12,14-16,25,27,32,35-36H,5-6,13,17H2,1-4H3,(H,33,38);1H/t25-,27-;/m1./s1. The van der Waals surface area contributed by atoms with E-state index in [2.05, 4.69) is 10.6 Å². The van der Waals surface area contributed by atoms with Crippen LogP contribution in [0.4, 0.5) is 5.69 Å². The second kappa shape index (κ2) is 13.5. The quantitative estimate of drug-likeness (QED) is 0.242. The van der Waals surface area contributed by atoms with Crippen LogP contribution in [0.1, 0.15) is 60.6 Å². The van der Waals surface area contributed by atoms with Crippen molar-refractivity contribution in [3.05, 3.63) is 88.0 Å². The second-order valence-corrected chi connectivity index (χ2v) is 10.3. The van der Waals surface area contributed by atoms with Gasteiger partial charge in [-0.05, 0) is 86.8 Å². The molecule has 0 unspecified atom stereocenters. The number of aryl methyl sites for hydroxylation is 2. The van der Waals surface area contributed by atoms with E-state index in [0.717, 1.165) is 18.7 Å². The van der Waals surface area contributed by atoms with Gasteiger partial charge in [0.15, 0.2) is 5.78 Å². The first-order chi connectivity index (χ1) is 19.0. The maximum atomic E-state index is 13.1. The Hall–Kier alpha value is -4.08. The molecule has 0 aromatic heterocycles. The van der Waals surface area contributed by atoms with E-state index in [4.69, 9.17) is 4.74 Å². The molecule has 3 aromatic carbocycles. The minimum absolute atomic E-state index is 0. The normalized spacial score (nSPS) is 16.6. The van der Waals surface area contributed by atoms with Gasteiger partial charge >= 0.3 is 5.97 Å². The number of benzene rings is 3. The lowest BCUT2D eigenvalue weighted by molar-refractivity contribution is 0.0192. The largest absolute Gasteiger partial charge is 0.507 e. The third-order valence-electron chi connectivity index (χ3n) is 7.11. The lowest BCUT2D eigenvalue weighted by Gasteiger charge is -2.26. The Morgan fingerprint density at radius 3 is 2.20 bits per heavy atom. The van der Waals surface area contributed by atoms with E-state index in [1.165, 1.54) is 30.3 Å². The summed E-state index contributed by atoms with van der Waals surface area (Å²) in [6, 6.07) is 13.7. The molecule has 1 heterocycles. The van der Waals surface area contributed by atoms with Crippen molar-refractivity contribution in [2.45, 2.75) is 38.8 Å². The Morgan fingerprint density at radius 2 is 1.56 bits per heavy atom. The summed E-state index contributed by atoms with van der Waals surface area (Å²) in [7, 11) is 3.69. The molecule has 1 saturated heterocycles. The average Bonchev–Trinajstić information content (AvgIpc) is 3.15. The highest BCUT2D eigenvalue weighted by Gasteiger charge is 2.29. The van der Waals surface area contributed by atoms with Gasteiger partial charge in [-0.2, -0.15) is 0 Å². The molecule has 0 radical (unpaired) electrons. The number of anilines is 1. The summed E-state index contributed by atoms with van der Waals surface area (Å²) >= 11 is 0. The van der Waals surface area contributed by atoms with Crippen molar-refractivity contribution < 1.29 is 29.3 Å². The van der Waals surface area contributed by atoms with E-state index in [0.29, 0.717) is 35.2 Å². The Kier molecular flexibility index (Phi) is 10.4. The first-order valence-electron chi connectivity index (χ1n) is 13.2. The Labute approximate surface area is 245 Å². The van der Waals surface area contributed by atoms with Crippen LogP contribution in [0.5, 0.6) is 11.5 Å². The molecule has 3 aromatic rings. The third kappa shape index (κ3) is 7.36. The summed E-state index contributed by atoms with van der Waals surface area (Å²) in [5.41, 5.74) is 3.18. The van der Waals surface area contributed by atoms with Crippen LogP contribution < -0.4 is 15.5 Å². The van der Waals surface area contributed by atoms with Crippen LogP contribution in [0, 0.1) is 13.8 Å². The number of ether oxygens (including phenoxy) is 1. The molecule has 0 bridgehead atoms. The van der Waals surface area contributed by atoms with Gasteiger partial charge in [-0.15, -0.1) is 12.4 Å². The minimum atomic E-state index is -0.558. The summed E-state index contributed by atoms with van der Waals surface area (Å²) in [5.74, 6) is -1.19. The van der Waals surface area contributed by atoms with Crippen LogP contribution in [-0.4, -0.2) is 67.2 Å². The number of halogens is 1. The molecule has 0 saturated carbocycles. The van der Waals surface area contributed by atoms with Crippen LogP contribution in [0.2, 0.25) is 0 Å². The van der Waals surface area contributed by atoms with Crippen LogP contribution >= 0.6 is 12.4 Å². The molecule has 2 atom stereocenters. The van der Waals surface area contributed by atoms with Gasteiger partial charge in [0.05, 0.1) is 17.2 Å². The van der Waals surface area contributed by atoms with Crippen molar-refractivity contribution in [3.8, 4) is 11.5 Å². The van der Waals surface area contributed by atoms with Crippen molar-refractivity contribution in [2.24, 2.45) is 0 Å². The first-order valence-corrected chi connectivity index (χ1v) is 13.2. The predicted octanol–water partition coefficient (Wildman–Crippen LogP) is 4.14. The highest BCUT2D eigenvalue weighted by atomic mass is 35.5.